The van der Waals surface area contributed by atoms with Crippen molar-refractivity contribution in [1.29, 1.82) is 0 Å². The largest absolute Gasteiger partial charge is 0.367 e. The molecule has 118 valence electrons. The van der Waals surface area contributed by atoms with Crippen molar-refractivity contribution in [1.82, 2.24) is 24.7 Å². The van der Waals surface area contributed by atoms with Gasteiger partial charge in [0.15, 0.2) is 5.65 Å². The molecule has 0 aliphatic heterocycles. The maximum atomic E-state index is 4.44. The average molecular weight is 300 g/mol. The zero-order chi connectivity index (χ0) is 15.9. The van der Waals surface area contributed by atoms with Crippen LogP contribution in [0.25, 0.3) is 5.65 Å². The van der Waals surface area contributed by atoms with Gasteiger partial charge in [0.2, 0.25) is 0 Å². The van der Waals surface area contributed by atoms with Crippen molar-refractivity contribution in [2.24, 2.45) is 5.92 Å². The zero-order valence-electron chi connectivity index (χ0n) is 13.3. The molecule has 0 radical (unpaired) electrons. The topological polar surface area (TPSA) is 58.3 Å². The summed E-state index contributed by atoms with van der Waals surface area (Å²) in [5, 5.41) is 15.6. The Hall–Kier alpha value is -2.21. The SMILES string of the molecule is C=CCN(CC=C)[C@@H](CNc1ccc2nncn2n1)C(C)C. The van der Waals surface area contributed by atoms with Crippen molar-refractivity contribution in [3.8, 4) is 0 Å². The molecule has 1 atom stereocenters. The summed E-state index contributed by atoms with van der Waals surface area (Å²) in [5.41, 5.74) is 0.742. The Balaban J connectivity index is 2.06. The van der Waals surface area contributed by atoms with Crippen molar-refractivity contribution in [2.45, 2.75) is 19.9 Å². The van der Waals surface area contributed by atoms with Crippen LogP contribution in [-0.2, 0) is 0 Å². The first kappa shape index (κ1) is 16.2. The van der Waals surface area contributed by atoms with E-state index in [-0.39, 0.29) is 0 Å². The predicted octanol–water partition coefficient (Wildman–Crippen LogP) is 2.23. The lowest BCUT2D eigenvalue weighted by molar-refractivity contribution is 0.199. The molecule has 22 heavy (non-hydrogen) atoms. The van der Waals surface area contributed by atoms with Crippen LogP contribution < -0.4 is 5.32 Å². The quantitative estimate of drug-likeness (QED) is 0.720. The van der Waals surface area contributed by atoms with Crippen LogP contribution in [0, 0.1) is 5.92 Å². The third kappa shape index (κ3) is 3.92. The maximum absolute atomic E-state index is 4.44. The third-order valence-electron chi connectivity index (χ3n) is 3.62. The summed E-state index contributed by atoms with van der Waals surface area (Å²) in [5.74, 6) is 1.32. The second kappa shape index (κ2) is 7.70. The highest BCUT2D eigenvalue weighted by atomic mass is 15.4. The fourth-order valence-corrected chi connectivity index (χ4v) is 2.50. The van der Waals surface area contributed by atoms with Crippen molar-refractivity contribution >= 4 is 11.5 Å². The molecule has 0 saturated heterocycles. The van der Waals surface area contributed by atoms with E-state index in [1.54, 1.807) is 10.8 Å². The molecule has 0 amide bonds. The molecule has 2 heterocycles. The van der Waals surface area contributed by atoms with Gasteiger partial charge in [-0.1, -0.05) is 26.0 Å². The van der Waals surface area contributed by atoms with E-state index in [1.807, 2.05) is 24.3 Å². The lowest BCUT2D eigenvalue weighted by Gasteiger charge is -2.33. The molecule has 0 fully saturated rings. The molecule has 0 unspecified atom stereocenters. The molecule has 1 N–H and O–H groups in total. The molecule has 0 aliphatic rings. The first-order chi connectivity index (χ1) is 10.7. The summed E-state index contributed by atoms with van der Waals surface area (Å²) in [6.45, 7) is 14.6. The Morgan fingerprint density at radius 3 is 2.64 bits per heavy atom. The van der Waals surface area contributed by atoms with Gasteiger partial charge in [0.25, 0.3) is 0 Å². The number of fused-ring (bicyclic) bond motifs is 1. The van der Waals surface area contributed by atoms with Crippen LogP contribution in [0.3, 0.4) is 0 Å². The van der Waals surface area contributed by atoms with Crippen LogP contribution in [-0.4, -0.2) is 50.4 Å². The van der Waals surface area contributed by atoms with E-state index in [9.17, 15) is 0 Å². The molecule has 0 aromatic carbocycles. The Morgan fingerprint density at radius 1 is 1.27 bits per heavy atom. The number of hydrogen-bond donors (Lipinski definition) is 1. The maximum Gasteiger partial charge on any atom is 0.177 e. The van der Waals surface area contributed by atoms with Gasteiger partial charge in [-0.15, -0.1) is 28.5 Å². The number of anilines is 1. The minimum Gasteiger partial charge on any atom is -0.367 e. The van der Waals surface area contributed by atoms with E-state index in [0.717, 1.165) is 31.1 Å². The minimum absolute atomic E-state index is 0.370. The van der Waals surface area contributed by atoms with E-state index in [4.69, 9.17) is 0 Å². The molecule has 0 spiro atoms. The molecule has 0 aliphatic carbocycles. The van der Waals surface area contributed by atoms with Gasteiger partial charge in [0.05, 0.1) is 0 Å². The van der Waals surface area contributed by atoms with E-state index >= 15 is 0 Å². The highest BCUT2D eigenvalue weighted by Crippen LogP contribution is 2.13. The standard InChI is InChI=1S/C16H24N6/c1-5-9-21(10-6-2)14(13(3)4)11-17-15-7-8-16-19-18-12-22(16)20-15/h5-8,12-14H,1-2,9-11H2,3-4H3,(H,17,20)/t14-/m0/s1. The second-order valence-corrected chi connectivity index (χ2v) is 5.58. The average Bonchev–Trinajstić information content (AvgIpc) is 2.95. The van der Waals surface area contributed by atoms with E-state index in [2.05, 4.69) is 52.5 Å². The van der Waals surface area contributed by atoms with E-state index < -0.39 is 0 Å². The summed E-state index contributed by atoms with van der Waals surface area (Å²) in [7, 11) is 0. The van der Waals surface area contributed by atoms with Gasteiger partial charge in [0.1, 0.15) is 12.1 Å². The fourth-order valence-electron chi connectivity index (χ4n) is 2.50. The number of aromatic nitrogens is 4. The summed E-state index contributed by atoms with van der Waals surface area (Å²) < 4.78 is 1.66. The second-order valence-electron chi connectivity index (χ2n) is 5.58. The first-order valence-corrected chi connectivity index (χ1v) is 7.52. The fraction of sp³-hybridized carbons (Fsp3) is 0.438. The van der Waals surface area contributed by atoms with Crippen LogP contribution in [0.15, 0.2) is 43.8 Å². The van der Waals surface area contributed by atoms with Gasteiger partial charge in [-0.25, -0.2) is 0 Å². The lowest BCUT2D eigenvalue weighted by atomic mass is 10.0. The minimum atomic E-state index is 0.370. The zero-order valence-corrected chi connectivity index (χ0v) is 13.3. The number of nitrogens with zero attached hydrogens (tertiary/aromatic N) is 5. The molecular formula is C16H24N6. The van der Waals surface area contributed by atoms with Crippen molar-refractivity contribution in [2.75, 3.05) is 25.0 Å². The molecule has 0 bridgehead atoms. The predicted molar refractivity (Wildman–Crippen MR) is 89.9 cm³/mol. The lowest BCUT2D eigenvalue weighted by Crippen LogP contribution is -2.44. The number of hydrogen-bond acceptors (Lipinski definition) is 5. The molecule has 2 rings (SSSR count). The van der Waals surface area contributed by atoms with Crippen LogP contribution in [0.5, 0.6) is 0 Å². The van der Waals surface area contributed by atoms with Crippen LogP contribution in [0.4, 0.5) is 5.82 Å². The highest BCUT2D eigenvalue weighted by molar-refractivity contribution is 5.43. The van der Waals surface area contributed by atoms with Gasteiger partial charge in [-0.3, -0.25) is 4.90 Å². The Bertz CT molecular complexity index is 608. The van der Waals surface area contributed by atoms with Crippen LogP contribution >= 0.6 is 0 Å². The van der Waals surface area contributed by atoms with E-state index in [1.165, 1.54) is 0 Å². The van der Waals surface area contributed by atoms with Crippen molar-refractivity contribution < 1.29 is 0 Å². The van der Waals surface area contributed by atoms with Crippen molar-refractivity contribution in [3.05, 3.63) is 43.8 Å². The van der Waals surface area contributed by atoms with Crippen LogP contribution in [0.1, 0.15) is 13.8 Å². The van der Waals surface area contributed by atoms with Gasteiger partial charge in [0, 0.05) is 25.7 Å². The summed E-state index contributed by atoms with van der Waals surface area (Å²) in [4.78, 5) is 2.36. The monoisotopic (exact) mass is 300 g/mol. The molecule has 6 heteroatoms. The van der Waals surface area contributed by atoms with Gasteiger partial charge in [-0.2, -0.15) is 4.52 Å². The number of nitrogens with one attached hydrogen (secondary N) is 1. The Morgan fingerprint density at radius 2 is 2.00 bits per heavy atom. The molecule has 6 nitrogen and oxygen atoms in total. The van der Waals surface area contributed by atoms with E-state index in [0.29, 0.717) is 12.0 Å². The molecule has 2 aromatic rings. The number of rotatable bonds is 9. The molecule has 0 saturated carbocycles. The summed E-state index contributed by atoms with van der Waals surface area (Å²) in [6.07, 6.45) is 5.46. The normalized spacial score (nSPS) is 12.7. The Labute approximate surface area is 131 Å². The first-order valence-electron chi connectivity index (χ1n) is 7.52. The van der Waals surface area contributed by atoms with Gasteiger partial charge in [-0.05, 0) is 18.1 Å². The van der Waals surface area contributed by atoms with Crippen LogP contribution in [0.2, 0.25) is 0 Å². The highest BCUT2D eigenvalue weighted by Gasteiger charge is 2.20. The summed E-state index contributed by atoms with van der Waals surface area (Å²) in [6, 6.07) is 4.19. The summed E-state index contributed by atoms with van der Waals surface area (Å²) >= 11 is 0. The smallest absolute Gasteiger partial charge is 0.177 e. The van der Waals surface area contributed by atoms with Crippen molar-refractivity contribution in [3.63, 3.8) is 0 Å². The Kier molecular flexibility index (Phi) is 5.66. The molecule has 2 aromatic heterocycles. The molecular weight excluding hydrogens is 276 g/mol. The van der Waals surface area contributed by atoms with Gasteiger partial charge < -0.3 is 5.32 Å². The van der Waals surface area contributed by atoms with Gasteiger partial charge >= 0.3 is 0 Å². The third-order valence-corrected chi connectivity index (χ3v) is 3.62.